The van der Waals surface area contributed by atoms with Crippen molar-refractivity contribution in [1.29, 1.82) is 0 Å². The first kappa shape index (κ1) is 31.6. The number of aryl methyl sites for hydroxylation is 1. The van der Waals surface area contributed by atoms with E-state index in [9.17, 15) is 30.8 Å². The van der Waals surface area contributed by atoms with E-state index in [0.717, 1.165) is 12.3 Å². The Morgan fingerprint density at radius 3 is 2.44 bits per heavy atom. The third-order valence-corrected chi connectivity index (χ3v) is 6.54. The van der Waals surface area contributed by atoms with Crippen molar-refractivity contribution in [2.24, 2.45) is 5.73 Å². The van der Waals surface area contributed by atoms with Crippen LogP contribution in [0, 0.1) is 12.7 Å². The minimum Gasteiger partial charge on any atom is -0.485 e. The predicted molar refractivity (Wildman–Crippen MR) is 133 cm³/mol. The van der Waals surface area contributed by atoms with Crippen molar-refractivity contribution in [3.63, 3.8) is 0 Å². The standard InChI is InChI=1S/C19H22FN5O5S2.C2HF3O2/c1-10-15-17(22-9-23-18(15)31-16(10)19(26)29-2)25-13-5-4-11(20)6-14(13)30-12(7-21)8-24-32(3,27)28;3-2(4,5)1(6)7/h4-6,9,12,24H,7-8,21H2,1-3H3,(H,22,23,25);(H,6,7). The van der Waals surface area contributed by atoms with Gasteiger partial charge in [0.25, 0.3) is 0 Å². The van der Waals surface area contributed by atoms with Crippen molar-refractivity contribution < 1.29 is 50.1 Å². The molecule has 3 rings (SSSR count). The number of anilines is 2. The summed E-state index contributed by atoms with van der Waals surface area (Å²) >= 11 is 1.17. The number of alkyl halides is 3. The first-order valence-corrected chi connectivity index (χ1v) is 13.3. The molecule has 0 aliphatic heterocycles. The van der Waals surface area contributed by atoms with Crippen LogP contribution >= 0.6 is 11.3 Å². The van der Waals surface area contributed by atoms with Crippen molar-refractivity contribution in [2.45, 2.75) is 19.2 Å². The van der Waals surface area contributed by atoms with Crippen molar-refractivity contribution in [3.05, 3.63) is 40.8 Å². The molecule has 0 amide bonds. The maximum absolute atomic E-state index is 13.9. The second-order valence-electron chi connectivity index (χ2n) is 7.61. The second kappa shape index (κ2) is 13.0. The Bertz CT molecular complexity index is 1450. The lowest BCUT2D eigenvalue weighted by molar-refractivity contribution is -0.192. The minimum absolute atomic E-state index is 0.0116. The predicted octanol–water partition coefficient (Wildman–Crippen LogP) is 2.56. The molecule has 0 saturated carbocycles. The molecule has 1 aromatic carbocycles. The number of methoxy groups -OCH3 is 1. The highest BCUT2D eigenvalue weighted by Gasteiger charge is 2.38. The van der Waals surface area contributed by atoms with Crippen LogP contribution in [0.15, 0.2) is 24.5 Å². The number of ether oxygens (including phenoxy) is 2. The lowest BCUT2D eigenvalue weighted by atomic mass is 10.2. The summed E-state index contributed by atoms with van der Waals surface area (Å²) in [6.07, 6.45) is -3.47. The molecular formula is C21H23F4N5O7S2. The first-order chi connectivity index (χ1) is 18.1. The fourth-order valence-electron chi connectivity index (χ4n) is 2.88. The van der Waals surface area contributed by atoms with Gasteiger partial charge in [0, 0.05) is 19.2 Å². The number of halogens is 4. The van der Waals surface area contributed by atoms with Crippen molar-refractivity contribution >= 4 is 55.0 Å². The monoisotopic (exact) mass is 597 g/mol. The number of carboxylic acid groups (broad SMARTS) is 1. The van der Waals surface area contributed by atoms with Gasteiger partial charge in [-0.2, -0.15) is 13.2 Å². The van der Waals surface area contributed by atoms with Crippen LogP contribution in [0.4, 0.5) is 29.1 Å². The topological polar surface area (TPSA) is 183 Å². The van der Waals surface area contributed by atoms with Crippen molar-refractivity contribution in [2.75, 3.05) is 31.8 Å². The molecule has 0 bridgehead atoms. The van der Waals surface area contributed by atoms with E-state index >= 15 is 0 Å². The number of rotatable bonds is 9. The number of benzene rings is 1. The van der Waals surface area contributed by atoms with E-state index in [1.807, 2.05) is 0 Å². The Balaban J connectivity index is 0.000000673. The zero-order chi connectivity index (χ0) is 29.5. The maximum Gasteiger partial charge on any atom is 0.490 e. The zero-order valence-corrected chi connectivity index (χ0v) is 22.1. The molecule has 0 spiro atoms. The van der Waals surface area contributed by atoms with Gasteiger partial charge < -0.3 is 25.6 Å². The summed E-state index contributed by atoms with van der Waals surface area (Å²) in [5.74, 6) is -3.29. The van der Waals surface area contributed by atoms with Crippen LogP contribution in [-0.4, -0.2) is 74.2 Å². The summed E-state index contributed by atoms with van der Waals surface area (Å²) in [4.78, 5) is 30.4. The Kier molecular flexibility index (Phi) is 10.5. The van der Waals surface area contributed by atoms with E-state index in [1.165, 1.54) is 36.9 Å². The number of carbonyl (C=O) groups excluding carboxylic acids is 1. The normalized spacial score (nSPS) is 12.3. The van der Waals surface area contributed by atoms with Crippen LogP contribution in [0.1, 0.15) is 15.2 Å². The zero-order valence-electron chi connectivity index (χ0n) is 20.5. The quantitative estimate of drug-likeness (QED) is 0.210. The lowest BCUT2D eigenvalue weighted by Gasteiger charge is -2.20. The minimum atomic E-state index is -5.08. The molecule has 0 aliphatic carbocycles. The Morgan fingerprint density at radius 1 is 1.26 bits per heavy atom. The number of nitrogens with zero attached hydrogens (tertiary/aromatic N) is 2. The number of esters is 1. The fraction of sp³-hybridized carbons (Fsp3) is 0.333. The molecular weight excluding hydrogens is 574 g/mol. The van der Waals surface area contributed by atoms with Gasteiger partial charge in [0.2, 0.25) is 10.0 Å². The molecule has 18 heteroatoms. The highest BCUT2D eigenvalue weighted by Crippen LogP contribution is 2.36. The van der Waals surface area contributed by atoms with Gasteiger partial charge in [-0.3, -0.25) is 0 Å². The Hall–Kier alpha value is -3.61. The van der Waals surface area contributed by atoms with Crippen LogP contribution in [0.5, 0.6) is 5.75 Å². The molecule has 0 fully saturated rings. The van der Waals surface area contributed by atoms with Crippen LogP contribution in [-0.2, 0) is 19.6 Å². The number of thiophene rings is 1. The van der Waals surface area contributed by atoms with Gasteiger partial charge in [-0.1, -0.05) is 0 Å². The number of nitrogens with two attached hydrogens (primary N) is 1. The number of aliphatic carboxylic acids is 1. The van der Waals surface area contributed by atoms with Gasteiger partial charge >= 0.3 is 18.1 Å². The number of nitrogens with one attached hydrogen (secondary N) is 2. The lowest BCUT2D eigenvalue weighted by Crippen LogP contribution is -2.39. The van der Waals surface area contributed by atoms with Gasteiger partial charge in [-0.05, 0) is 24.6 Å². The van der Waals surface area contributed by atoms with Gasteiger partial charge in [0.05, 0.1) is 24.4 Å². The Morgan fingerprint density at radius 2 is 1.90 bits per heavy atom. The first-order valence-electron chi connectivity index (χ1n) is 10.6. The molecule has 2 aromatic heterocycles. The van der Waals surface area contributed by atoms with Gasteiger partial charge in [-0.25, -0.2) is 37.1 Å². The molecule has 1 unspecified atom stereocenters. The van der Waals surface area contributed by atoms with E-state index < -0.39 is 40.1 Å². The van der Waals surface area contributed by atoms with Crippen LogP contribution in [0.3, 0.4) is 0 Å². The highest BCUT2D eigenvalue weighted by molar-refractivity contribution is 7.88. The molecule has 12 nitrogen and oxygen atoms in total. The molecule has 3 aromatic rings. The molecule has 39 heavy (non-hydrogen) atoms. The number of hydrogen-bond acceptors (Lipinski definition) is 11. The molecule has 0 saturated heterocycles. The molecule has 1 atom stereocenters. The smallest absolute Gasteiger partial charge is 0.485 e. The summed E-state index contributed by atoms with van der Waals surface area (Å²) in [7, 11) is -2.16. The molecule has 5 N–H and O–H groups in total. The number of carboxylic acids is 1. The van der Waals surface area contributed by atoms with Crippen molar-refractivity contribution in [1.82, 2.24) is 14.7 Å². The van der Waals surface area contributed by atoms with E-state index in [2.05, 4.69) is 20.0 Å². The number of fused-ring (bicyclic) bond motifs is 1. The number of hydrogen-bond donors (Lipinski definition) is 4. The summed E-state index contributed by atoms with van der Waals surface area (Å²) in [6, 6.07) is 3.85. The fourth-order valence-corrected chi connectivity index (χ4v) is 4.43. The van der Waals surface area contributed by atoms with Gasteiger partial charge in [0.15, 0.2) is 0 Å². The van der Waals surface area contributed by atoms with E-state index in [-0.39, 0.29) is 18.8 Å². The number of aromatic nitrogens is 2. The third kappa shape index (κ3) is 8.98. The van der Waals surface area contributed by atoms with E-state index in [4.69, 9.17) is 25.1 Å². The molecule has 2 heterocycles. The largest absolute Gasteiger partial charge is 0.490 e. The maximum atomic E-state index is 13.9. The van der Waals surface area contributed by atoms with Crippen LogP contribution in [0.2, 0.25) is 0 Å². The van der Waals surface area contributed by atoms with Gasteiger partial charge in [-0.15, -0.1) is 11.3 Å². The van der Waals surface area contributed by atoms with Crippen LogP contribution < -0.4 is 20.5 Å². The van der Waals surface area contributed by atoms with Crippen molar-refractivity contribution in [3.8, 4) is 5.75 Å². The summed E-state index contributed by atoms with van der Waals surface area (Å²) in [6.45, 7) is 1.65. The Labute approximate surface area is 223 Å². The van der Waals surface area contributed by atoms with Crippen LogP contribution in [0.25, 0.3) is 10.2 Å². The third-order valence-electron chi connectivity index (χ3n) is 4.67. The number of sulfonamides is 1. The SMILES string of the molecule is COC(=O)c1sc2ncnc(Nc3ccc(F)cc3OC(CN)CNS(C)(=O)=O)c2c1C.O=C(O)C(F)(F)F. The number of carbonyl (C=O) groups is 2. The highest BCUT2D eigenvalue weighted by atomic mass is 32.2. The second-order valence-corrected chi connectivity index (χ2v) is 10.4. The van der Waals surface area contributed by atoms with Gasteiger partial charge in [0.1, 0.15) is 39.5 Å². The molecule has 0 aliphatic rings. The summed E-state index contributed by atoms with van der Waals surface area (Å²) in [5, 5.41) is 10.8. The molecule has 214 valence electrons. The average molecular weight is 598 g/mol. The van der Waals surface area contributed by atoms with E-state index in [1.54, 1.807) is 6.92 Å². The molecule has 0 radical (unpaired) electrons. The average Bonchev–Trinajstić information content (AvgIpc) is 3.19. The summed E-state index contributed by atoms with van der Waals surface area (Å²) < 4.78 is 81.3. The van der Waals surface area contributed by atoms with E-state index in [0.29, 0.717) is 32.2 Å². The summed E-state index contributed by atoms with van der Waals surface area (Å²) in [5.41, 5.74) is 6.70.